The van der Waals surface area contributed by atoms with Crippen LogP contribution in [0.15, 0.2) is 0 Å². The Morgan fingerprint density at radius 3 is 2.55 bits per heavy atom. The zero-order valence-corrected chi connectivity index (χ0v) is 7.65. The largest absolute Gasteiger partial charge is 0.301 e. The van der Waals surface area contributed by atoms with Crippen LogP contribution in [-0.4, -0.2) is 29.8 Å². The summed E-state index contributed by atoms with van der Waals surface area (Å²) in [4.78, 5) is 2.54. The van der Waals surface area contributed by atoms with E-state index >= 15 is 0 Å². The molecule has 2 nitrogen and oxygen atoms in total. The maximum absolute atomic E-state index is 5.46. The van der Waals surface area contributed by atoms with Gasteiger partial charge in [0.15, 0.2) is 0 Å². The molecule has 11 heavy (non-hydrogen) atoms. The van der Waals surface area contributed by atoms with Gasteiger partial charge in [0.2, 0.25) is 0 Å². The van der Waals surface area contributed by atoms with Gasteiger partial charge in [-0.3, -0.25) is 5.14 Å². The predicted molar refractivity (Wildman–Crippen MR) is 49.3 cm³/mol. The third kappa shape index (κ3) is 1.71. The fourth-order valence-corrected chi connectivity index (χ4v) is 2.39. The number of nitrogens with zero attached hydrogens (tertiary/aromatic N) is 1. The first-order valence-corrected chi connectivity index (χ1v) is 5.40. The van der Waals surface area contributed by atoms with Crippen LogP contribution in [0.3, 0.4) is 0 Å². The third-order valence-electron chi connectivity index (χ3n) is 2.86. The molecule has 2 fully saturated rings. The molecular weight excluding hydrogens is 156 g/mol. The minimum absolute atomic E-state index is 0.732. The fourth-order valence-electron chi connectivity index (χ4n) is 1.80. The molecule has 0 atom stereocenters. The number of hydrogen-bond acceptors (Lipinski definition) is 3. The van der Waals surface area contributed by atoms with E-state index in [-0.39, 0.29) is 0 Å². The van der Waals surface area contributed by atoms with Gasteiger partial charge in [-0.25, -0.2) is 0 Å². The van der Waals surface area contributed by atoms with Gasteiger partial charge in [0.1, 0.15) is 0 Å². The Hall–Kier alpha value is 0.270. The fraction of sp³-hybridized carbons (Fsp3) is 1.00. The summed E-state index contributed by atoms with van der Waals surface area (Å²) < 4.78 is 0. The number of hydrogen-bond donors (Lipinski definition) is 1. The van der Waals surface area contributed by atoms with Gasteiger partial charge in [-0.05, 0) is 18.8 Å². The molecule has 0 bridgehead atoms. The molecule has 0 aromatic carbocycles. The zero-order chi connectivity index (χ0) is 7.68. The minimum atomic E-state index is 0.732. The highest BCUT2D eigenvalue weighted by molar-refractivity contribution is 7.97. The number of nitrogens with two attached hydrogens (primary N) is 1. The lowest BCUT2D eigenvalue weighted by Crippen LogP contribution is -2.51. The summed E-state index contributed by atoms with van der Waals surface area (Å²) in [7, 11) is 0. The maximum Gasteiger partial charge on any atom is 0.0445 e. The van der Waals surface area contributed by atoms with Crippen LogP contribution in [0.4, 0.5) is 0 Å². The highest BCUT2D eigenvalue weighted by atomic mass is 32.2. The van der Waals surface area contributed by atoms with E-state index in [0.717, 1.165) is 11.2 Å². The van der Waals surface area contributed by atoms with Gasteiger partial charge in [-0.15, -0.1) is 0 Å². The van der Waals surface area contributed by atoms with Crippen molar-refractivity contribution in [1.29, 1.82) is 0 Å². The lowest BCUT2D eigenvalue weighted by molar-refractivity contribution is 0.127. The molecular formula is C8H16N2S. The average molecular weight is 172 g/mol. The van der Waals surface area contributed by atoms with Crippen molar-refractivity contribution in [3.63, 3.8) is 0 Å². The minimum Gasteiger partial charge on any atom is -0.301 e. The second-order valence-corrected chi connectivity index (χ2v) is 4.71. The van der Waals surface area contributed by atoms with Crippen molar-refractivity contribution >= 4 is 11.9 Å². The zero-order valence-electron chi connectivity index (χ0n) is 6.83. The molecule has 1 aliphatic carbocycles. The van der Waals surface area contributed by atoms with Crippen LogP contribution < -0.4 is 5.14 Å². The molecule has 2 rings (SSSR count). The maximum atomic E-state index is 5.46. The van der Waals surface area contributed by atoms with Crippen molar-refractivity contribution in [2.24, 2.45) is 11.1 Å². The van der Waals surface area contributed by atoms with Gasteiger partial charge in [-0.1, -0.05) is 18.4 Å². The van der Waals surface area contributed by atoms with Crippen molar-refractivity contribution in [2.75, 3.05) is 19.6 Å². The van der Waals surface area contributed by atoms with Crippen LogP contribution in [0, 0.1) is 5.92 Å². The van der Waals surface area contributed by atoms with Crippen molar-refractivity contribution in [1.82, 2.24) is 4.90 Å². The molecule has 2 N–H and O–H groups in total. The first-order chi connectivity index (χ1) is 5.38. The predicted octanol–water partition coefficient (Wildman–Crippen LogP) is 1.08. The average Bonchev–Trinajstić information content (AvgIpc) is 1.81. The Bertz CT molecular complexity index is 130. The molecule has 1 saturated carbocycles. The Morgan fingerprint density at radius 1 is 1.36 bits per heavy atom. The molecule has 1 saturated heterocycles. The van der Waals surface area contributed by atoms with E-state index in [1.54, 1.807) is 0 Å². The molecule has 2 aliphatic rings. The van der Waals surface area contributed by atoms with Crippen molar-refractivity contribution < 1.29 is 0 Å². The van der Waals surface area contributed by atoms with Gasteiger partial charge in [0.25, 0.3) is 0 Å². The second-order valence-electron chi connectivity index (χ2n) is 3.77. The van der Waals surface area contributed by atoms with Crippen molar-refractivity contribution in [3.05, 3.63) is 0 Å². The smallest absolute Gasteiger partial charge is 0.0445 e. The van der Waals surface area contributed by atoms with Crippen LogP contribution in [0.1, 0.15) is 19.3 Å². The standard InChI is InChI=1S/C8H16N2S/c9-11-8-5-10(6-8)4-7-2-1-3-7/h7-8H,1-6,9H2. The molecule has 0 radical (unpaired) electrons. The lowest BCUT2D eigenvalue weighted by Gasteiger charge is -2.41. The summed E-state index contributed by atoms with van der Waals surface area (Å²) in [5.74, 6) is 1.03. The van der Waals surface area contributed by atoms with E-state index < -0.39 is 0 Å². The molecule has 1 heterocycles. The van der Waals surface area contributed by atoms with E-state index in [0.29, 0.717) is 0 Å². The van der Waals surface area contributed by atoms with Crippen LogP contribution in [0.25, 0.3) is 0 Å². The topological polar surface area (TPSA) is 29.3 Å². The van der Waals surface area contributed by atoms with Crippen LogP contribution in [0.2, 0.25) is 0 Å². The van der Waals surface area contributed by atoms with E-state index in [1.807, 2.05) is 0 Å². The molecule has 3 heteroatoms. The van der Waals surface area contributed by atoms with E-state index in [9.17, 15) is 0 Å². The van der Waals surface area contributed by atoms with Crippen LogP contribution in [-0.2, 0) is 0 Å². The van der Waals surface area contributed by atoms with E-state index in [1.165, 1.54) is 50.8 Å². The molecule has 0 aromatic heterocycles. The van der Waals surface area contributed by atoms with Crippen LogP contribution >= 0.6 is 11.9 Å². The first kappa shape index (κ1) is 7.90. The second kappa shape index (κ2) is 3.33. The summed E-state index contributed by atoms with van der Waals surface area (Å²) in [6.45, 7) is 3.81. The number of rotatable bonds is 3. The normalized spacial score (nSPS) is 28.1. The molecule has 64 valence electrons. The molecule has 0 spiro atoms. The Labute approximate surface area is 72.6 Å². The lowest BCUT2D eigenvalue weighted by atomic mass is 9.84. The molecule has 1 aliphatic heterocycles. The SMILES string of the molecule is NSC1CN(CC2CCC2)C1. The Balaban J connectivity index is 1.59. The molecule has 0 amide bonds. The molecule has 0 unspecified atom stereocenters. The van der Waals surface area contributed by atoms with Crippen LogP contribution in [0.5, 0.6) is 0 Å². The van der Waals surface area contributed by atoms with Gasteiger partial charge in [-0.2, -0.15) is 0 Å². The van der Waals surface area contributed by atoms with Crippen molar-refractivity contribution in [3.8, 4) is 0 Å². The van der Waals surface area contributed by atoms with Crippen molar-refractivity contribution in [2.45, 2.75) is 24.5 Å². The third-order valence-corrected chi connectivity index (χ3v) is 3.54. The van der Waals surface area contributed by atoms with Gasteiger partial charge in [0, 0.05) is 24.9 Å². The summed E-state index contributed by atoms with van der Waals surface area (Å²) in [5, 5.41) is 6.19. The highest BCUT2D eigenvalue weighted by Gasteiger charge is 2.29. The summed E-state index contributed by atoms with van der Waals surface area (Å²) in [6.07, 6.45) is 4.40. The summed E-state index contributed by atoms with van der Waals surface area (Å²) in [6, 6.07) is 0. The van der Waals surface area contributed by atoms with Gasteiger partial charge < -0.3 is 4.90 Å². The summed E-state index contributed by atoms with van der Waals surface area (Å²) in [5.41, 5.74) is 0. The Kier molecular flexibility index (Phi) is 2.39. The van der Waals surface area contributed by atoms with Gasteiger partial charge in [0.05, 0.1) is 0 Å². The Morgan fingerprint density at radius 2 is 2.09 bits per heavy atom. The monoisotopic (exact) mass is 172 g/mol. The molecule has 0 aromatic rings. The highest BCUT2D eigenvalue weighted by Crippen LogP contribution is 2.29. The first-order valence-electron chi connectivity index (χ1n) is 4.46. The van der Waals surface area contributed by atoms with E-state index in [4.69, 9.17) is 5.14 Å². The van der Waals surface area contributed by atoms with Gasteiger partial charge >= 0.3 is 0 Å². The van der Waals surface area contributed by atoms with E-state index in [2.05, 4.69) is 4.90 Å². The number of likely N-dealkylation sites (tertiary alicyclic amines) is 1. The quantitative estimate of drug-likeness (QED) is 0.646. The summed E-state index contributed by atoms with van der Waals surface area (Å²) >= 11 is 1.53.